The fourth-order valence-corrected chi connectivity index (χ4v) is 3.87. The molecule has 1 fully saturated rings. The maximum atomic E-state index is 13.2. The molecule has 2 aromatic rings. The van der Waals surface area contributed by atoms with E-state index in [2.05, 4.69) is 30.0 Å². The van der Waals surface area contributed by atoms with Crippen molar-refractivity contribution in [2.24, 2.45) is 5.10 Å². The number of benzene rings is 2. The van der Waals surface area contributed by atoms with Gasteiger partial charge in [0.1, 0.15) is 5.75 Å². The predicted octanol–water partition coefficient (Wildman–Crippen LogP) is 3.01. The third kappa shape index (κ3) is 4.49. The van der Waals surface area contributed by atoms with Crippen molar-refractivity contribution in [3.8, 4) is 5.75 Å². The highest BCUT2D eigenvalue weighted by atomic mass is 16.5. The summed E-state index contributed by atoms with van der Waals surface area (Å²) in [6, 6.07) is 16.1. The molecule has 1 amide bonds. The number of amides is 1. The zero-order chi connectivity index (χ0) is 20.2. The molecule has 0 bridgehead atoms. The largest absolute Gasteiger partial charge is 0.497 e. The number of hydrazone groups is 1. The van der Waals surface area contributed by atoms with Crippen LogP contribution >= 0.6 is 0 Å². The summed E-state index contributed by atoms with van der Waals surface area (Å²) in [5, 5.41) is 6.45. The van der Waals surface area contributed by atoms with E-state index in [0.29, 0.717) is 26.2 Å². The van der Waals surface area contributed by atoms with Gasteiger partial charge in [-0.1, -0.05) is 42.0 Å². The fourth-order valence-electron chi connectivity index (χ4n) is 3.87. The average molecular weight is 393 g/mol. The number of morpholine rings is 1. The monoisotopic (exact) mass is 393 g/mol. The third-order valence-corrected chi connectivity index (χ3v) is 5.46. The molecule has 29 heavy (non-hydrogen) atoms. The first kappa shape index (κ1) is 19.6. The topological polar surface area (TPSA) is 54.4 Å². The lowest BCUT2D eigenvalue weighted by atomic mass is 9.97. The number of rotatable bonds is 5. The molecule has 1 saturated heterocycles. The summed E-state index contributed by atoms with van der Waals surface area (Å²) in [4.78, 5) is 15.3. The summed E-state index contributed by atoms with van der Waals surface area (Å²) in [7, 11) is 1.66. The Morgan fingerprint density at radius 2 is 1.97 bits per heavy atom. The number of carbonyl (C=O) groups excluding carboxylic acids is 1. The van der Waals surface area contributed by atoms with Gasteiger partial charge < -0.3 is 9.47 Å². The number of aryl methyl sites for hydroxylation is 1. The van der Waals surface area contributed by atoms with E-state index in [1.165, 1.54) is 5.56 Å². The summed E-state index contributed by atoms with van der Waals surface area (Å²) in [5.41, 5.74) is 4.23. The van der Waals surface area contributed by atoms with Crippen LogP contribution in [0.5, 0.6) is 5.75 Å². The van der Waals surface area contributed by atoms with E-state index in [0.717, 1.165) is 35.7 Å². The van der Waals surface area contributed by atoms with Gasteiger partial charge in [0.05, 0.1) is 38.6 Å². The Kier molecular flexibility index (Phi) is 5.92. The second-order valence-electron chi connectivity index (χ2n) is 7.54. The SMILES string of the molecule is COc1cccc(C2CC(c3cccc(C)c3)=NN2C(=O)CN2CCOCC2)c1. The molecule has 0 aliphatic carbocycles. The highest BCUT2D eigenvalue weighted by molar-refractivity contribution is 6.03. The van der Waals surface area contributed by atoms with Crippen molar-refractivity contribution >= 4 is 11.6 Å². The normalized spacial score (nSPS) is 19.9. The van der Waals surface area contributed by atoms with Crippen LogP contribution in [0.25, 0.3) is 0 Å². The van der Waals surface area contributed by atoms with Crippen LogP contribution in [-0.4, -0.2) is 61.5 Å². The average Bonchev–Trinajstić information content (AvgIpc) is 3.20. The second-order valence-corrected chi connectivity index (χ2v) is 7.54. The zero-order valence-electron chi connectivity index (χ0n) is 17.0. The molecular weight excluding hydrogens is 366 g/mol. The Balaban J connectivity index is 1.62. The summed E-state index contributed by atoms with van der Waals surface area (Å²) >= 11 is 0. The van der Waals surface area contributed by atoms with Gasteiger partial charge in [-0.15, -0.1) is 0 Å². The van der Waals surface area contributed by atoms with Crippen molar-refractivity contribution in [1.29, 1.82) is 0 Å². The van der Waals surface area contributed by atoms with Crippen LogP contribution in [0.3, 0.4) is 0 Å². The van der Waals surface area contributed by atoms with Crippen LogP contribution in [0.1, 0.15) is 29.2 Å². The first-order chi connectivity index (χ1) is 14.1. The van der Waals surface area contributed by atoms with E-state index < -0.39 is 0 Å². The van der Waals surface area contributed by atoms with Gasteiger partial charge in [0.2, 0.25) is 0 Å². The molecule has 2 aromatic carbocycles. The van der Waals surface area contributed by atoms with Crippen molar-refractivity contribution in [3.05, 3.63) is 65.2 Å². The zero-order valence-corrected chi connectivity index (χ0v) is 17.0. The van der Waals surface area contributed by atoms with Crippen molar-refractivity contribution in [2.45, 2.75) is 19.4 Å². The van der Waals surface area contributed by atoms with Crippen LogP contribution in [0.4, 0.5) is 0 Å². The number of carbonyl (C=O) groups is 1. The Hall–Kier alpha value is -2.70. The van der Waals surface area contributed by atoms with Crippen molar-refractivity contribution in [2.75, 3.05) is 40.0 Å². The summed E-state index contributed by atoms with van der Waals surface area (Å²) in [6.45, 7) is 5.32. The van der Waals surface area contributed by atoms with E-state index in [1.54, 1.807) is 12.1 Å². The van der Waals surface area contributed by atoms with E-state index in [9.17, 15) is 4.79 Å². The molecule has 1 unspecified atom stereocenters. The predicted molar refractivity (Wildman–Crippen MR) is 112 cm³/mol. The van der Waals surface area contributed by atoms with Crippen LogP contribution < -0.4 is 4.74 Å². The van der Waals surface area contributed by atoms with Gasteiger partial charge in [-0.3, -0.25) is 9.69 Å². The molecule has 2 aliphatic heterocycles. The first-order valence-corrected chi connectivity index (χ1v) is 10.0. The first-order valence-electron chi connectivity index (χ1n) is 10.0. The highest BCUT2D eigenvalue weighted by Crippen LogP contribution is 2.34. The molecule has 152 valence electrons. The lowest BCUT2D eigenvalue weighted by Gasteiger charge is -2.29. The van der Waals surface area contributed by atoms with Crippen molar-refractivity contribution in [3.63, 3.8) is 0 Å². The summed E-state index contributed by atoms with van der Waals surface area (Å²) in [6.07, 6.45) is 0.686. The van der Waals surface area contributed by atoms with Gasteiger partial charge in [-0.25, -0.2) is 5.01 Å². The molecular formula is C23H27N3O3. The van der Waals surface area contributed by atoms with Crippen LogP contribution in [0.15, 0.2) is 53.6 Å². The van der Waals surface area contributed by atoms with Crippen molar-refractivity contribution in [1.82, 2.24) is 9.91 Å². The van der Waals surface area contributed by atoms with Crippen LogP contribution in [0.2, 0.25) is 0 Å². The molecule has 2 heterocycles. The van der Waals surface area contributed by atoms with Gasteiger partial charge in [0.25, 0.3) is 5.91 Å². The quantitative estimate of drug-likeness (QED) is 0.784. The number of hydrogen-bond donors (Lipinski definition) is 0. The van der Waals surface area contributed by atoms with Gasteiger partial charge >= 0.3 is 0 Å². The molecule has 6 heteroatoms. The minimum Gasteiger partial charge on any atom is -0.497 e. The maximum absolute atomic E-state index is 13.2. The molecule has 2 aliphatic rings. The molecule has 0 spiro atoms. The van der Waals surface area contributed by atoms with E-state index in [-0.39, 0.29) is 11.9 Å². The Labute approximate surface area is 171 Å². The highest BCUT2D eigenvalue weighted by Gasteiger charge is 2.34. The molecule has 6 nitrogen and oxygen atoms in total. The Morgan fingerprint density at radius 3 is 2.72 bits per heavy atom. The lowest BCUT2D eigenvalue weighted by molar-refractivity contribution is -0.135. The van der Waals surface area contributed by atoms with E-state index in [4.69, 9.17) is 14.6 Å². The molecule has 0 N–H and O–H groups in total. The molecule has 1 atom stereocenters. The molecule has 0 aromatic heterocycles. The Morgan fingerprint density at radius 1 is 1.17 bits per heavy atom. The van der Waals surface area contributed by atoms with E-state index in [1.807, 2.05) is 30.3 Å². The Bertz CT molecular complexity index is 906. The smallest absolute Gasteiger partial charge is 0.257 e. The number of nitrogens with zero attached hydrogens (tertiary/aromatic N) is 3. The maximum Gasteiger partial charge on any atom is 0.257 e. The number of ether oxygens (including phenoxy) is 2. The van der Waals surface area contributed by atoms with Gasteiger partial charge in [-0.2, -0.15) is 5.10 Å². The van der Waals surface area contributed by atoms with Gasteiger partial charge in [0.15, 0.2) is 0 Å². The summed E-state index contributed by atoms with van der Waals surface area (Å²) in [5.74, 6) is 0.800. The molecule has 4 rings (SSSR count). The second kappa shape index (κ2) is 8.76. The standard InChI is InChI=1S/C23H27N3O3/c1-17-5-3-6-18(13-17)21-15-22(19-7-4-8-20(14-19)28-2)26(24-21)23(27)16-25-9-11-29-12-10-25/h3-8,13-14,22H,9-12,15-16H2,1-2H3. The summed E-state index contributed by atoms with van der Waals surface area (Å²) < 4.78 is 10.8. The fraction of sp³-hybridized carbons (Fsp3) is 0.391. The van der Waals surface area contributed by atoms with Crippen molar-refractivity contribution < 1.29 is 14.3 Å². The number of methoxy groups -OCH3 is 1. The van der Waals surface area contributed by atoms with Crippen LogP contribution in [0, 0.1) is 6.92 Å². The third-order valence-electron chi connectivity index (χ3n) is 5.46. The van der Waals surface area contributed by atoms with Gasteiger partial charge in [0, 0.05) is 19.5 Å². The minimum atomic E-state index is -0.130. The van der Waals surface area contributed by atoms with Crippen LogP contribution in [-0.2, 0) is 9.53 Å². The number of hydrogen-bond acceptors (Lipinski definition) is 5. The van der Waals surface area contributed by atoms with Gasteiger partial charge in [-0.05, 0) is 30.2 Å². The lowest BCUT2D eigenvalue weighted by Crippen LogP contribution is -2.43. The minimum absolute atomic E-state index is 0.0161. The molecule has 0 saturated carbocycles. The molecule has 0 radical (unpaired) electrons. The van der Waals surface area contributed by atoms with E-state index >= 15 is 0 Å².